The lowest BCUT2D eigenvalue weighted by atomic mass is 10.0. The zero-order valence-electron chi connectivity index (χ0n) is 12.1. The van der Waals surface area contributed by atoms with Gasteiger partial charge in [-0.3, -0.25) is 0 Å². The summed E-state index contributed by atoms with van der Waals surface area (Å²) in [5.74, 6) is 1.60. The molecule has 5 nitrogen and oxygen atoms in total. The molecule has 1 aliphatic heterocycles. The van der Waals surface area contributed by atoms with Crippen LogP contribution < -0.4 is 14.8 Å². The molecule has 1 aliphatic rings. The minimum absolute atomic E-state index is 0.0446. The van der Waals surface area contributed by atoms with Gasteiger partial charge in [-0.05, 0) is 43.0 Å². The third-order valence-corrected chi connectivity index (χ3v) is 3.64. The van der Waals surface area contributed by atoms with Crippen molar-refractivity contribution in [1.29, 1.82) is 0 Å². The maximum atomic E-state index is 9.86. The second kappa shape index (κ2) is 7.36. The Bertz CT molecular complexity index is 405. The van der Waals surface area contributed by atoms with E-state index in [4.69, 9.17) is 14.2 Å². The Hall–Kier alpha value is -1.46. The minimum atomic E-state index is 0.0446. The van der Waals surface area contributed by atoms with Gasteiger partial charge in [0.25, 0.3) is 0 Å². The summed E-state index contributed by atoms with van der Waals surface area (Å²) in [6.07, 6.45) is 2.24. The van der Waals surface area contributed by atoms with E-state index in [-0.39, 0.29) is 5.75 Å². The predicted molar refractivity (Wildman–Crippen MR) is 76.5 cm³/mol. The smallest absolute Gasteiger partial charge is 0.200 e. The molecule has 5 heteroatoms. The lowest BCUT2D eigenvalue weighted by Crippen LogP contribution is -2.27. The Labute approximate surface area is 119 Å². The summed E-state index contributed by atoms with van der Waals surface area (Å²) in [6, 6.07) is 3.66. The molecule has 0 saturated carbocycles. The van der Waals surface area contributed by atoms with Crippen molar-refractivity contribution < 1.29 is 19.3 Å². The molecule has 0 unspecified atom stereocenters. The zero-order chi connectivity index (χ0) is 14.4. The fraction of sp³-hybridized carbons (Fsp3) is 0.600. The normalized spacial score (nSPS) is 16.1. The van der Waals surface area contributed by atoms with E-state index in [0.29, 0.717) is 17.4 Å². The van der Waals surface area contributed by atoms with Crippen LogP contribution in [0.3, 0.4) is 0 Å². The van der Waals surface area contributed by atoms with E-state index in [1.54, 1.807) is 0 Å². The van der Waals surface area contributed by atoms with E-state index in [0.717, 1.165) is 44.7 Å². The molecule has 0 aromatic heterocycles. The predicted octanol–water partition coefficient (Wildman–Crippen LogP) is 1.93. The van der Waals surface area contributed by atoms with Gasteiger partial charge in [0.15, 0.2) is 11.5 Å². The summed E-state index contributed by atoms with van der Waals surface area (Å²) < 4.78 is 15.6. The maximum absolute atomic E-state index is 9.86. The molecular weight excluding hydrogens is 258 g/mol. The summed E-state index contributed by atoms with van der Waals surface area (Å²) in [4.78, 5) is 0. The van der Waals surface area contributed by atoms with Gasteiger partial charge in [0.05, 0.1) is 14.2 Å². The van der Waals surface area contributed by atoms with Crippen molar-refractivity contribution in [2.24, 2.45) is 5.92 Å². The lowest BCUT2D eigenvalue weighted by Gasteiger charge is -2.22. The molecular formula is C15H23NO4. The molecule has 2 N–H and O–H groups in total. The summed E-state index contributed by atoms with van der Waals surface area (Å²) in [7, 11) is 3.07. The zero-order valence-corrected chi connectivity index (χ0v) is 12.1. The molecule has 1 heterocycles. The molecule has 1 aromatic carbocycles. The summed E-state index contributed by atoms with van der Waals surface area (Å²) in [6.45, 7) is 3.44. The van der Waals surface area contributed by atoms with Gasteiger partial charge >= 0.3 is 0 Å². The first kappa shape index (κ1) is 14.9. The average Bonchev–Trinajstić information content (AvgIpc) is 2.49. The van der Waals surface area contributed by atoms with Crippen LogP contribution in [0.15, 0.2) is 12.1 Å². The average molecular weight is 281 g/mol. The van der Waals surface area contributed by atoms with E-state index < -0.39 is 0 Å². The number of hydrogen-bond acceptors (Lipinski definition) is 5. The molecule has 1 saturated heterocycles. The molecule has 0 radical (unpaired) electrons. The van der Waals surface area contributed by atoms with Crippen LogP contribution in [-0.4, -0.2) is 39.1 Å². The Morgan fingerprint density at radius 1 is 1.20 bits per heavy atom. The van der Waals surface area contributed by atoms with E-state index in [2.05, 4.69) is 5.32 Å². The third-order valence-electron chi connectivity index (χ3n) is 3.64. The number of methoxy groups -OCH3 is 2. The SMILES string of the molecule is COc1cc(CNCC2CCOCC2)cc(OC)c1O. The number of phenolic OH excluding ortho intramolecular Hbond substituents is 1. The van der Waals surface area contributed by atoms with Crippen LogP contribution in [0.25, 0.3) is 0 Å². The van der Waals surface area contributed by atoms with Crippen molar-refractivity contribution in [2.45, 2.75) is 19.4 Å². The highest BCUT2D eigenvalue weighted by Gasteiger charge is 2.14. The van der Waals surface area contributed by atoms with Crippen LogP contribution in [0, 0.1) is 5.92 Å². The van der Waals surface area contributed by atoms with Crippen LogP contribution in [-0.2, 0) is 11.3 Å². The topological polar surface area (TPSA) is 60.0 Å². The standard InChI is InChI=1S/C15H23NO4/c1-18-13-7-12(8-14(19-2)15(13)17)10-16-9-11-3-5-20-6-4-11/h7-8,11,16-17H,3-6,9-10H2,1-2H3. The molecule has 2 rings (SSSR count). The monoisotopic (exact) mass is 281 g/mol. The molecule has 1 aromatic rings. The number of benzene rings is 1. The summed E-state index contributed by atoms with van der Waals surface area (Å²) in [5, 5.41) is 13.3. The van der Waals surface area contributed by atoms with Gasteiger partial charge in [0, 0.05) is 19.8 Å². The number of nitrogens with one attached hydrogen (secondary N) is 1. The van der Waals surface area contributed by atoms with Crippen LogP contribution in [0.2, 0.25) is 0 Å². The lowest BCUT2D eigenvalue weighted by molar-refractivity contribution is 0.0662. The molecule has 0 aliphatic carbocycles. The largest absolute Gasteiger partial charge is 0.502 e. The van der Waals surface area contributed by atoms with Gasteiger partial charge in [-0.25, -0.2) is 0 Å². The van der Waals surface area contributed by atoms with Crippen molar-refractivity contribution in [2.75, 3.05) is 34.0 Å². The number of ether oxygens (including phenoxy) is 3. The molecule has 0 bridgehead atoms. The van der Waals surface area contributed by atoms with Crippen molar-refractivity contribution in [3.05, 3.63) is 17.7 Å². The van der Waals surface area contributed by atoms with Crippen LogP contribution >= 0.6 is 0 Å². The van der Waals surface area contributed by atoms with Gasteiger partial charge in [-0.15, -0.1) is 0 Å². The summed E-state index contributed by atoms with van der Waals surface area (Å²) in [5.41, 5.74) is 1.03. The van der Waals surface area contributed by atoms with Gasteiger partial charge < -0.3 is 24.6 Å². The molecule has 112 valence electrons. The number of aromatic hydroxyl groups is 1. The third kappa shape index (κ3) is 3.77. The highest BCUT2D eigenvalue weighted by Crippen LogP contribution is 2.37. The van der Waals surface area contributed by atoms with E-state index in [1.807, 2.05) is 12.1 Å². The van der Waals surface area contributed by atoms with Gasteiger partial charge in [0.2, 0.25) is 5.75 Å². The van der Waals surface area contributed by atoms with Crippen LogP contribution in [0.1, 0.15) is 18.4 Å². The van der Waals surface area contributed by atoms with Gasteiger partial charge in [-0.1, -0.05) is 0 Å². The Balaban J connectivity index is 1.91. The Morgan fingerprint density at radius 3 is 2.35 bits per heavy atom. The van der Waals surface area contributed by atoms with Crippen molar-refractivity contribution in [3.63, 3.8) is 0 Å². The summed E-state index contributed by atoms with van der Waals surface area (Å²) >= 11 is 0. The maximum Gasteiger partial charge on any atom is 0.200 e. The Kier molecular flexibility index (Phi) is 5.49. The van der Waals surface area contributed by atoms with Gasteiger partial charge in [-0.2, -0.15) is 0 Å². The fourth-order valence-electron chi connectivity index (χ4n) is 2.42. The highest BCUT2D eigenvalue weighted by molar-refractivity contribution is 5.52. The van der Waals surface area contributed by atoms with Crippen LogP contribution in [0.5, 0.6) is 17.2 Å². The van der Waals surface area contributed by atoms with Crippen molar-refractivity contribution >= 4 is 0 Å². The number of rotatable bonds is 6. The first-order valence-corrected chi connectivity index (χ1v) is 6.97. The van der Waals surface area contributed by atoms with E-state index in [1.165, 1.54) is 14.2 Å². The van der Waals surface area contributed by atoms with E-state index >= 15 is 0 Å². The number of hydrogen-bond donors (Lipinski definition) is 2. The first-order valence-electron chi connectivity index (χ1n) is 6.97. The molecule has 1 fully saturated rings. The second-order valence-electron chi connectivity index (χ2n) is 5.04. The second-order valence-corrected chi connectivity index (χ2v) is 5.04. The quantitative estimate of drug-likeness (QED) is 0.834. The molecule has 0 spiro atoms. The number of phenols is 1. The van der Waals surface area contributed by atoms with Crippen molar-refractivity contribution in [1.82, 2.24) is 5.32 Å². The van der Waals surface area contributed by atoms with Gasteiger partial charge in [0.1, 0.15) is 0 Å². The van der Waals surface area contributed by atoms with Crippen LogP contribution in [0.4, 0.5) is 0 Å². The fourth-order valence-corrected chi connectivity index (χ4v) is 2.42. The highest BCUT2D eigenvalue weighted by atomic mass is 16.5. The molecule has 0 amide bonds. The Morgan fingerprint density at radius 2 is 1.80 bits per heavy atom. The van der Waals surface area contributed by atoms with Crippen molar-refractivity contribution in [3.8, 4) is 17.2 Å². The minimum Gasteiger partial charge on any atom is -0.502 e. The van der Waals surface area contributed by atoms with E-state index in [9.17, 15) is 5.11 Å². The molecule has 0 atom stereocenters. The molecule has 20 heavy (non-hydrogen) atoms. The first-order chi connectivity index (χ1) is 9.74.